The van der Waals surface area contributed by atoms with E-state index in [1.54, 1.807) is 0 Å². The zero-order valence-corrected chi connectivity index (χ0v) is 11.2. The molecule has 2 rings (SSSR count). The maximum atomic E-state index is 4.47. The predicted octanol–water partition coefficient (Wildman–Crippen LogP) is 1.15. The van der Waals surface area contributed by atoms with Crippen LogP contribution in [0, 0.1) is 0 Å². The van der Waals surface area contributed by atoms with E-state index in [-0.39, 0.29) is 5.41 Å². The van der Waals surface area contributed by atoms with Crippen LogP contribution in [0.15, 0.2) is 6.20 Å². The summed E-state index contributed by atoms with van der Waals surface area (Å²) in [7, 11) is 0. The number of hydrogen-bond acceptors (Lipinski definition) is 3. The van der Waals surface area contributed by atoms with E-state index in [0.29, 0.717) is 0 Å². The van der Waals surface area contributed by atoms with Crippen molar-refractivity contribution < 1.29 is 0 Å². The highest BCUT2D eigenvalue weighted by Gasteiger charge is 2.16. The van der Waals surface area contributed by atoms with Gasteiger partial charge in [-0.15, -0.1) is 0 Å². The van der Waals surface area contributed by atoms with Gasteiger partial charge in [0.2, 0.25) is 0 Å². The highest BCUT2D eigenvalue weighted by atomic mass is 15.2. The molecule has 0 unspecified atom stereocenters. The number of rotatable bonds is 3. The third-order valence-electron chi connectivity index (χ3n) is 3.31. The second kappa shape index (κ2) is 5.19. The Hall–Kier alpha value is -0.870. The minimum absolute atomic E-state index is 0.167. The van der Waals surface area contributed by atoms with E-state index in [1.165, 1.54) is 5.69 Å². The Morgan fingerprint density at radius 3 is 2.59 bits per heavy atom. The molecule has 0 spiro atoms. The van der Waals surface area contributed by atoms with Crippen molar-refractivity contribution in [3.63, 3.8) is 0 Å². The molecule has 1 aromatic rings. The molecule has 0 aliphatic carbocycles. The van der Waals surface area contributed by atoms with E-state index in [4.69, 9.17) is 0 Å². The Morgan fingerprint density at radius 1 is 1.29 bits per heavy atom. The van der Waals surface area contributed by atoms with Gasteiger partial charge in [0.1, 0.15) is 5.82 Å². The first kappa shape index (κ1) is 12.6. The summed E-state index contributed by atoms with van der Waals surface area (Å²) >= 11 is 0. The quantitative estimate of drug-likeness (QED) is 0.827. The van der Waals surface area contributed by atoms with Gasteiger partial charge in [-0.2, -0.15) is 0 Å². The Morgan fingerprint density at radius 2 is 2.00 bits per heavy atom. The van der Waals surface area contributed by atoms with Gasteiger partial charge in [-0.05, 0) is 0 Å². The third kappa shape index (κ3) is 3.54. The summed E-state index contributed by atoms with van der Waals surface area (Å²) in [6.07, 6.45) is 3.00. The van der Waals surface area contributed by atoms with E-state index in [0.717, 1.165) is 45.0 Å². The van der Waals surface area contributed by atoms with Crippen LogP contribution in [0.3, 0.4) is 0 Å². The molecule has 2 heterocycles. The summed E-state index contributed by atoms with van der Waals surface area (Å²) in [5.74, 6) is 1.12. The van der Waals surface area contributed by atoms with Crippen molar-refractivity contribution in [1.82, 2.24) is 20.2 Å². The SMILES string of the molecule is CC(C)(C)c1cnc(CCN2CCNCC2)[nH]1. The third-order valence-corrected chi connectivity index (χ3v) is 3.31. The van der Waals surface area contributed by atoms with Crippen LogP contribution in [0.25, 0.3) is 0 Å². The lowest BCUT2D eigenvalue weighted by atomic mass is 9.93. The minimum atomic E-state index is 0.167. The van der Waals surface area contributed by atoms with Crippen LogP contribution in [0.4, 0.5) is 0 Å². The van der Waals surface area contributed by atoms with Crippen molar-refractivity contribution in [2.75, 3.05) is 32.7 Å². The first-order valence-electron chi connectivity index (χ1n) is 6.53. The van der Waals surface area contributed by atoms with Crippen molar-refractivity contribution in [2.24, 2.45) is 0 Å². The number of hydrogen-bond donors (Lipinski definition) is 2. The second-order valence-corrected chi connectivity index (χ2v) is 5.84. The summed E-state index contributed by atoms with van der Waals surface area (Å²) in [4.78, 5) is 10.4. The zero-order valence-electron chi connectivity index (χ0n) is 11.2. The molecule has 0 atom stereocenters. The van der Waals surface area contributed by atoms with Gasteiger partial charge >= 0.3 is 0 Å². The Labute approximate surface area is 104 Å². The molecule has 0 saturated carbocycles. The summed E-state index contributed by atoms with van der Waals surface area (Å²) in [6.45, 7) is 12.3. The number of nitrogens with zero attached hydrogens (tertiary/aromatic N) is 2. The molecule has 0 amide bonds. The zero-order chi connectivity index (χ0) is 12.3. The van der Waals surface area contributed by atoms with Crippen LogP contribution in [0.5, 0.6) is 0 Å². The summed E-state index contributed by atoms with van der Waals surface area (Å²) in [5, 5.41) is 3.37. The van der Waals surface area contributed by atoms with E-state index in [9.17, 15) is 0 Å². The molecule has 96 valence electrons. The lowest BCUT2D eigenvalue weighted by Gasteiger charge is -2.26. The van der Waals surface area contributed by atoms with Crippen molar-refractivity contribution in [1.29, 1.82) is 0 Å². The van der Waals surface area contributed by atoms with Crippen molar-refractivity contribution in [3.05, 3.63) is 17.7 Å². The maximum Gasteiger partial charge on any atom is 0.107 e. The Bertz CT molecular complexity index is 345. The predicted molar refractivity (Wildman–Crippen MR) is 70.3 cm³/mol. The molecule has 1 fully saturated rings. The number of aromatic nitrogens is 2. The van der Waals surface area contributed by atoms with Gasteiger partial charge in [0.15, 0.2) is 0 Å². The van der Waals surface area contributed by atoms with Crippen LogP contribution >= 0.6 is 0 Å². The molecule has 1 aromatic heterocycles. The standard InChI is InChI=1S/C13H24N4/c1-13(2,3)11-10-15-12(16-11)4-7-17-8-5-14-6-9-17/h10,14H,4-9H2,1-3H3,(H,15,16). The molecular weight excluding hydrogens is 212 g/mol. The normalized spacial score (nSPS) is 18.5. The summed E-state index contributed by atoms with van der Waals surface area (Å²) in [5.41, 5.74) is 1.40. The number of piperazine rings is 1. The van der Waals surface area contributed by atoms with E-state index >= 15 is 0 Å². The smallest absolute Gasteiger partial charge is 0.107 e. The van der Waals surface area contributed by atoms with Gasteiger partial charge in [0.05, 0.1) is 0 Å². The lowest BCUT2D eigenvalue weighted by molar-refractivity contribution is 0.242. The fraction of sp³-hybridized carbons (Fsp3) is 0.769. The van der Waals surface area contributed by atoms with Gasteiger partial charge in [-0.25, -0.2) is 4.98 Å². The highest BCUT2D eigenvalue weighted by Crippen LogP contribution is 2.19. The summed E-state index contributed by atoms with van der Waals surface area (Å²) in [6, 6.07) is 0. The number of aromatic amines is 1. The number of H-pyrrole nitrogens is 1. The van der Waals surface area contributed by atoms with E-state index in [1.807, 2.05) is 6.20 Å². The molecular formula is C13H24N4. The molecule has 2 N–H and O–H groups in total. The number of nitrogens with one attached hydrogen (secondary N) is 2. The monoisotopic (exact) mass is 236 g/mol. The molecule has 1 saturated heterocycles. The maximum absolute atomic E-state index is 4.47. The minimum Gasteiger partial charge on any atom is -0.345 e. The molecule has 0 bridgehead atoms. The van der Waals surface area contributed by atoms with E-state index in [2.05, 4.69) is 41.0 Å². The van der Waals surface area contributed by atoms with Crippen LogP contribution in [0.1, 0.15) is 32.3 Å². The van der Waals surface area contributed by atoms with Crippen LogP contribution < -0.4 is 5.32 Å². The van der Waals surface area contributed by atoms with Crippen LogP contribution in [0.2, 0.25) is 0 Å². The molecule has 4 nitrogen and oxygen atoms in total. The Balaban J connectivity index is 1.84. The topological polar surface area (TPSA) is 44.0 Å². The lowest BCUT2D eigenvalue weighted by Crippen LogP contribution is -2.44. The van der Waals surface area contributed by atoms with Gasteiger partial charge in [-0.1, -0.05) is 20.8 Å². The molecule has 1 aliphatic rings. The van der Waals surface area contributed by atoms with Crippen molar-refractivity contribution in [2.45, 2.75) is 32.6 Å². The number of imidazole rings is 1. The van der Waals surface area contributed by atoms with Gasteiger partial charge in [0, 0.05) is 56.5 Å². The fourth-order valence-electron chi connectivity index (χ4n) is 2.07. The molecule has 0 aromatic carbocycles. The van der Waals surface area contributed by atoms with Gasteiger partial charge in [-0.3, -0.25) is 0 Å². The van der Waals surface area contributed by atoms with Gasteiger partial charge < -0.3 is 15.2 Å². The van der Waals surface area contributed by atoms with E-state index < -0.39 is 0 Å². The van der Waals surface area contributed by atoms with Gasteiger partial charge in [0.25, 0.3) is 0 Å². The largest absolute Gasteiger partial charge is 0.345 e. The Kier molecular flexibility index (Phi) is 3.84. The van der Waals surface area contributed by atoms with Crippen molar-refractivity contribution >= 4 is 0 Å². The van der Waals surface area contributed by atoms with Crippen LogP contribution in [-0.4, -0.2) is 47.6 Å². The fourth-order valence-corrected chi connectivity index (χ4v) is 2.07. The molecule has 17 heavy (non-hydrogen) atoms. The molecule has 1 aliphatic heterocycles. The molecule has 4 heteroatoms. The summed E-state index contributed by atoms with van der Waals surface area (Å²) < 4.78 is 0. The van der Waals surface area contributed by atoms with Crippen LogP contribution in [-0.2, 0) is 11.8 Å². The average Bonchev–Trinajstić information content (AvgIpc) is 2.76. The second-order valence-electron chi connectivity index (χ2n) is 5.84. The highest BCUT2D eigenvalue weighted by molar-refractivity contribution is 5.11. The molecule has 0 radical (unpaired) electrons. The average molecular weight is 236 g/mol. The van der Waals surface area contributed by atoms with Crippen molar-refractivity contribution in [3.8, 4) is 0 Å². The first-order valence-corrected chi connectivity index (χ1v) is 6.53. The first-order chi connectivity index (χ1) is 8.05.